The van der Waals surface area contributed by atoms with E-state index in [1.807, 2.05) is 18.2 Å². The topological polar surface area (TPSA) is 84.5 Å². The molecule has 2 rings (SSSR count). The fourth-order valence-corrected chi connectivity index (χ4v) is 2.84. The molecular formula is C18H18N2O4S. The van der Waals surface area contributed by atoms with E-state index in [2.05, 4.69) is 15.4 Å². The monoisotopic (exact) mass is 358 g/mol. The zero-order valence-corrected chi connectivity index (χ0v) is 14.7. The van der Waals surface area contributed by atoms with Gasteiger partial charge in [-0.2, -0.15) is 0 Å². The molecule has 130 valence electrons. The average Bonchev–Trinajstić information content (AvgIpc) is 2.60. The second-order valence-corrected chi connectivity index (χ2v) is 6.10. The molecule has 6 nitrogen and oxygen atoms in total. The molecule has 2 N–H and O–H groups in total. The lowest BCUT2D eigenvalue weighted by molar-refractivity contribution is -0.114. The number of esters is 1. The van der Waals surface area contributed by atoms with Gasteiger partial charge in [0.25, 0.3) is 0 Å². The van der Waals surface area contributed by atoms with Gasteiger partial charge in [-0.15, -0.1) is 11.8 Å². The summed E-state index contributed by atoms with van der Waals surface area (Å²) in [7, 11) is 1.31. The van der Waals surface area contributed by atoms with E-state index in [0.29, 0.717) is 16.9 Å². The van der Waals surface area contributed by atoms with Crippen molar-refractivity contribution in [2.45, 2.75) is 11.8 Å². The van der Waals surface area contributed by atoms with Gasteiger partial charge in [0.1, 0.15) is 0 Å². The van der Waals surface area contributed by atoms with Gasteiger partial charge in [0.05, 0.1) is 24.1 Å². The SMILES string of the molecule is COC(=O)c1ccc(NC(=O)CSc2ccccc2NC(C)=O)cc1. The number of carbonyl (C=O) groups is 3. The van der Waals surface area contributed by atoms with E-state index in [4.69, 9.17) is 0 Å². The summed E-state index contributed by atoms with van der Waals surface area (Å²) in [5.74, 6) is -0.588. The van der Waals surface area contributed by atoms with Crippen LogP contribution >= 0.6 is 11.8 Å². The second kappa shape index (κ2) is 8.89. The summed E-state index contributed by atoms with van der Waals surface area (Å²) >= 11 is 1.33. The Balaban J connectivity index is 1.93. The first kappa shape index (κ1) is 18.5. The molecule has 0 heterocycles. The summed E-state index contributed by atoms with van der Waals surface area (Å²) in [4.78, 5) is 35.5. The van der Waals surface area contributed by atoms with Crippen LogP contribution in [0.2, 0.25) is 0 Å². The van der Waals surface area contributed by atoms with Crippen LogP contribution in [0.1, 0.15) is 17.3 Å². The van der Waals surface area contributed by atoms with Crippen LogP contribution in [0.15, 0.2) is 53.4 Å². The number of benzene rings is 2. The van der Waals surface area contributed by atoms with Crippen molar-refractivity contribution in [2.75, 3.05) is 23.5 Å². The third kappa shape index (κ3) is 5.65. The Morgan fingerprint density at radius 1 is 1.00 bits per heavy atom. The summed E-state index contributed by atoms with van der Waals surface area (Å²) in [5.41, 5.74) is 1.68. The first-order valence-corrected chi connectivity index (χ1v) is 8.46. The molecule has 0 fully saturated rings. The molecule has 0 spiro atoms. The standard InChI is InChI=1S/C18H18N2O4S/c1-12(21)19-15-5-3-4-6-16(15)25-11-17(22)20-14-9-7-13(8-10-14)18(23)24-2/h3-10H,11H2,1-2H3,(H,19,21)(H,20,22). The van der Waals surface area contributed by atoms with Crippen molar-refractivity contribution in [2.24, 2.45) is 0 Å². The number of hydrogen-bond acceptors (Lipinski definition) is 5. The Labute approximate surface area is 149 Å². The van der Waals surface area contributed by atoms with E-state index in [9.17, 15) is 14.4 Å². The number of methoxy groups -OCH3 is 1. The maximum atomic E-state index is 12.1. The minimum absolute atomic E-state index is 0.164. The van der Waals surface area contributed by atoms with Crippen molar-refractivity contribution in [1.29, 1.82) is 0 Å². The normalized spacial score (nSPS) is 10.0. The number of carbonyl (C=O) groups excluding carboxylic acids is 3. The van der Waals surface area contributed by atoms with Crippen molar-refractivity contribution in [3.8, 4) is 0 Å². The van der Waals surface area contributed by atoms with Crippen LogP contribution in [-0.2, 0) is 14.3 Å². The van der Waals surface area contributed by atoms with Crippen LogP contribution in [0, 0.1) is 0 Å². The van der Waals surface area contributed by atoms with Gasteiger partial charge in [0, 0.05) is 17.5 Å². The fourth-order valence-electron chi connectivity index (χ4n) is 2.03. The third-order valence-corrected chi connectivity index (χ3v) is 4.22. The molecule has 0 aromatic heterocycles. The van der Waals surface area contributed by atoms with E-state index < -0.39 is 5.97 Å². The van der Waals surface area contributed by atoms with Gasteiger partial charge in [-0.3, -0.25) is 9.59 Å². The number of thioether (sulfide) groups is 1. The van der Waals surface area contributed by atoms with Crippen LogP contribution < -0.4 is 10.6 Å². The molecule has 7 heteroatoms. The minimum Gasteiger partial charge on any atom is -0.465 e. The summed E-state index contributed by atoms with van der Waals surface area (Å²) < 4.78 is 4.62. The Kier molecular flexibility index (Phi) is 6.59. The first-order valence-electron chi connectivity index (χ1n) is 7.47. The molecule has 0 saturated heterocycles. The largest absolute Gasteiger partial charge is 0.465 e. The highest BCUT2D eigenvalue weighted by atomic mass is 32.2. The molecular weight excluding hydrogens is 340 g/mol. The molecule has 0 aliphatic heterocycles. The van der Waals surface area contributed by atoms with Gasteiger partial charge < -0.3 is 15.4 Å². The predicted octanol–water partition coefficient (Wildman–Crippen LogP) is 3.16. The molecule has 0 aliphatic carbocycles. The van der Waals surface area contributed by atoms with E-state index >= 15 is 0 Å². The van der Waals surface area contributed by atoms with E-state index in [1.165, 1.54) is 25.8 Å². The van der Waals surface area contributed by atoms with Crippen LogP contribution in [0.3, 0.4) is 0 Å². The maximum Gasteiger partial charge on any atom is 0.337 e. The van der Waals surface area contributed by atoms with Crippen LogP contribution in [-0.4, -0.2) is 30.6 Å². The van der Waals surface area contributed by atoms with Gasteiger partial charge in [-0.05, 0) is 36.4 Å². The van der Waals surface area contributed by atoms with E-state index in [-0.39, 0.29) is 17.6 Å². The highest BCUT2D eigenvalue weighted by molar-refractivity contribution is 8.00. The summed E-state index contributed by atoms with van der Waals surface area (Å²) in [6.07, 6.45) is 0. The zero-order valence-electron chi connectivity index (χ0n) is 13.9. The molecule has 2 aromatic rings. The highest BCUT2D eigenvalue weighted by Gasteiger charge is 2.09. The van der Waals surface area contributed by atoms with Gasteiger partial charge in [0.2, 0.25) is 11.8 Å². The van der Waals surface area contributed by atoms with Crippen molar-refractivity contribution in [3.63, 3.8) is 0 Å². The summed E-state index contributed by atoms with van der Waals surface area (Å²) in [6, 6.07) is 13.7. The molecule has 0 unspecified atom stereocenters. The first-order chi connectivity index (χ1) is 12.0. The van der Waals surface area contributed by atoms with E-state index in [1.54, 1.807) is 30.3 Å². The number of anilines is 2. The van der Waals surface area contributed by atoms with Gasteiger partial charge in [0.15, 0.2) is 0 Å². The number of nitrogens with one attached hydrogen (secondary N) is 2. The Morgan fingerprint density at radius 2 is 1.68 bits per heavy atom. The average molecular weight is 358 g/mol. The predicted molar refractivity (Wildman–Crippen MR) is 97.9 cm³/mol. The second-order valence-electron chi connectivity index (χ2n) is 5.08. The number of rotatable bonds is 6. The smallest absolute Gasteiger partial charge is 0.337 e. The highest BCUT2D eigenvalue weighted by Crippen LogP contribution is 2.27. The molecule has 0 atom stereocenters. The third-order valence-electron chi connectivity index (χ3n) is 3.15. The molecule has 0 aliphatic rings. The molecule has 2 amide bonds. The number of ether oxygens (including phenoxy) is 1. The lowest BCUT2D eigenvalue weighted by Crippen LogP contribution is -2.14. The molecule has 25 heavy (non-hydrogen) atoms. The van der Waals surface area contributed by atoms with Crippen LogP contribution in [0.25, 0.3) is 0 Å². The van der Waals surface area contributed by atoms with Crippen molar-refractivity contribution in [3.05, 3.63) is 54.1 Å². The van der Waals surface area contributed by atoms with Gasteiger partial charge in [-0.25, -0.2) is 4.79 Å². The molecule has 0 saturated carbocycles. The van der Waals surface area contributed by atoms with Crippen molar-refractivity contribution >= 4 is 40.9 Å². The number of hydrogen-bond donors (Lipinski definition) is 2. The minimum atomic E-state index is -0.428. The Hall–Kier alpha value is -2.80. The Morgan fingerprint density at radius 3 is 2.32 bits per heavy atom. The van der Waals surface area contributed by atoms with Gasteiger partial charge >= 0.3 is 5.97 Å². The van der Waals surface area contributed by atoms with Gasteiger partial charge in [-0.1, -0.05) is 12.1 Å². The lowest BCUT2D eigenvalue weighted by Gasteiger charge is -2.10. The zero-order chi connectivity index (χ0) is 18.2. The molecule has 0 bridgehead atoms. The lowest BCUT2D eigenvalue weighted by atomic mass is 10.2. The molecule has 0 radical (unpaired) electrons. The van der Waals surface area contributed by atoms with Crippen molar-refractivity contribution < 1.29 is 19.1 Å². The fraction of sp³-hybridized carbons (Fsp3) is 0.167. The summed E-state index contributed by atoms with van der Waals surface area (Å²) in [6.45, 7) is 1.44. The number of amides is 2. The maximum absolute atomic E-state index is 12.1. The van der Waals surface area contributed by atoms with Crippen molar-refractivity contribution in [1.82, 2.24) is 0 Å². The summed E-state index contributed by atoms with van der Waals surface area (Å²) in [5, 5.41) is 5.49. The van der Waals surface area contributed by atoms with Crippen LogP contribution in [0.5, 0.6) is 0 Å². The quantitative estimate of drug-likeness (QED) is 0.612. The Bertz CT molecular complexity index is 775. The van der Waals surface area contributed by atoms with E-state index in [0.717, 1.165) is 4.90 Å². The van der Waals surface area contributed by atoms with Crippen LogP contribution in [0.4, 0.5) is 11.4 Å². The molecule has 2 aromatic carbocycles. The number of para-hydroxylation sites is 1.